The molecule has 0 amide bonds. The molecular weight excluding hydrogens is 216 g/mol. The average Bonchev–Trinajstić information content (AvgIpc) is 2.28. The summed E-state index contributed by atoms with van der Waals surface area (Å²) in [5.74, 6) is -0.0594. The Hall–Kier alpha value is -1.34. The van der Waals surface area contributed by atoms with Crippen LogP contribution in [-0.4, -0.2) is 38.0 Å². The lowest BCUT2D eigenvalue weighted by molar-refractivity contribution is 0.300. The molecule has 6 nitrogen and oxygen atoms in total. The monoisotopic (exact) mass is 228 g/mol. The van der Waals surface area contributed by atoms with Gasteiger partial charge in [-0.1, -0.05) is 23.8 Å². The Morgan fingerprint density at radius 2 is 2.47 bits per heavy atom. The van der Waals surface area contributed by atoms with Crippen molar-refractivity contribution in [1.82, 2.24) is 9.97 Å². The number of aliphatic hydroxyl groups is 1. The van der Waals surface area contributed by atoms with Crippen molar-refractivity contribution < 1.29 is 10.3 Å². The number of thioether (sulfide) groups is 1. The number of nitrogens with zero attached hydrogens (tertiary/aromatic N) is 3. The van der Waals surface area contributed by atoms with Crippen LogP contribution in [0.15, 0.2) is 22.6 Å². The summed E-state index contributed by atoms with van der Waals surface area (Å²) in [6.07, 6.45) is 1.52. The Bertz CT molecular complexity index is 358. The van der Waals surface area contributed by atoms with Crippen molar-refractivity contribution in [3.63, 3.8) is 0 Å². The smallest absolute Gasteiger partial charge is 0.188 e. The molecule has 0 spiro atoms. The molecule has 82 valence electrons. The third-order valence-electron chi connectivity index (χ3n) is 1.57. The SMILES string of the molecule is CC(CO)Sc1nccc(/C(N)=N/O)n1. The average molecular weight is 228 g/mol. The fourth-order valence-electron chi connectivity index (χ4n) is 0.809. The topological polar surface area (TPSA) is 105 Å². The van der Waals surface area contributed by atoms with Crippen LogP contribution in [-0.2, 0) is 0 Å². The summed E-state index contributed by atoms with van der Waals surface area (Å²) in [4.78, 5) is 8.05. The van der Waals surface area contributed by atoms with Gasteiger partial charge in [0.2, 0.25) is 0 Å². The van der Waals surface area contributed by atoms with Crippen molar-refractivity contribution in [2.24, 2.45) is 10.9 Å². The van der Waals surface area contributed by atoms with Crippen LogP contribution < -0.4 is 5.73 Å². The predicted molar refractivity (Wildman–Crippen MR) is 56.9 cm³/mol. The maximum absolute atomic E-state index is 8.86. The van der Waals surface area contributed by atoms with E-state index < -0.39 is 0 Å². The summed E-state index contributed by atoms with van der Waals surface area (Å²) in [6.45, 7) is 1.89. The standard InChI is InChI=1S/C8H12N4O2S/c1-5(4-13)15-8-10-3-2-6(11-8)7(9)12-14/h2-3,5,13-14H,4H2,1H3,(H2,9,12). The van der Waals surface area contributed by atoms with E-state index in [1.54, 1.807) is 6.07 Å². The van der Waals surface area contributed by atoms with Crippen LogP contribution in [0.1, 0.15) is 12.6 Å². The molecule has 0 aliphatic rings. The normalized spacial score (nSPS) is 13.9. The lowest BCUT2D eigenvalue weighted by atomic mass is 10.4. The number of rotatable bonds is 4. The van der Waals surface area contributed by atoms with Crippen LogP contribution in [0.25, 0.3) is 0 Å². The first-order valence-corrected chi connectivity index (χ1v) is 5.13. The lowest BCUT2D eigenvalue weighted by Gasteiger charge is -2.06. The zero-order chi connectivity index (χ0) is 11.3. The van der Waals surface area contributed by atoms with Crippen LogP contribution in [0.2, 0.25) is 0 Å². The number of oxime groups is 1. The zero-order valence-electron chi connectivity index (χ0n) is 8.16. The lowest BCUT2D eigenvalue weighted by Crippen LogP contribution is -2.15. The van der Waals surface area contributed by atoms with Gasteiger partial charge in [0.25, 0.3) is 0 Å². The van der Waals surface area contributed by atoms with E-state index in [0.29, 0.717) is 10.9 Å². The number of aliphatic hydroxyl groups excluding tert-OH is 1. The Kier molecular flexibility index (Phi) is 4.32. The van der Waals surface area contributed by atoms with E-state index in [1.807, 2.05) is 6.92 Å². The minimum Gasteiger partial charge on any atom is -0.409 e. The van der Waals surface area contributed by atoms with Gasteiger partial charge in [0.1, 0.15) is 5.69 Å². The summed E-state index contributed by atoms with van der Waals surface area (Å²) in [6, 6.07) is 1.54. The first kappa shape index (κ1) is 11.7. The van der Waals surface area contributed by atoms with E-state index in [1.165, 1.54) is 18.0 Å². The fraction of sp³-hybridized carbons (Fsp3) is 0.375. The highest BCUT2D eigenvalue weighted by atomic mass is 32.2. The molecule has 1 unspecified atom stereocenters. The second-order valence-electron chi connectivity index (χ2n) is 2.82. The van der Waals surface area contributed by atoms with Gasteiger partial charge in [-0.15, -0.1) is 0 Å². The second kappa shape index (κ2) is 5.52. The highest BCUT2D eigenvalue weighted by molar-refractivity contribution is 7.99. The van der Waals surface area contributed by atoms with Gasteiger partial charge in [0.05, 0.1) is 6.61 Å². The molecule has 4 N–H and O–H groups in total. The molecule has 0 fully saturated rings. The summed E-state index contributed by atoms with van der Waals surface area (Å²) < 4.78 is 0. The van der Waals surface area contributed by atoms with Crippen molar-refractivity contribution in [3.05, 3.63) is 18.0 Å². The zero-order valence-corrected chi connectivity index (χ0v) is 8.98. The predicted octanol–water partition coefficient (Wildman–Crippen LogP) is 0.0440. The Balaban J connectivity index is 2.83. The maximum atomic E-state index is 8.86. The van der Waals surface area contributed by atoms with Gasteiger partial charge in [0.15, 0.2) is 11.0 Å². The molecule has 0 aliphatic carbocycles. The molecular formula is C8H12N4O2S. The summed E-state index contributed by atoms with van der Waals surface area (Å²) in [7, 11) is 0. The molecule has 0 saturated carbocycles. The minimum absolute atomic E-state index is 0.00698. The number of nitrogens with two attached hydrogens (primary N) is 1. The van der Waals surface area contributed by atoms with Crippen molar-refractivity contribution in [1.29, 1.82) is 0 Å². The fourth-order valence-corrected chi connectivity index (χ4v) is 1.52. The molecule has 0 radical (unpaired) electrons. The molecule has 0 bridgehead atoms. The van der Waals surface area contributed by atoms with E-state index in [9.17, 15) is 0 Å². The van der Waals surface area contributed by atoms with Gasteiger partial charge in [-0.25, -0.2) is 9.97 Å². The van der Waals surface area contributed by atoms with Gasteiger partial charge in [-0.3, -0.25) is 0 Å². The highest BCUT2D eigenvalue weighted by Crippen LogP contribution is 2.18. The number of hydrogen-bond acceptors (Lipinski definition) is 6. The Morgan fingerprint density at radius 1 is 1.73 bits per heavy atom. The van der Waals surface area contributed by atoms with Crippen LogP contribution in [0.3, 0.4) is 0 Å². The van der Waals surface area contributed by atoms with E-state index >= 15 is 0 Å². The van der Waals surface area contributed by atoms with Crippen LogP contribution in [0, 0.1) is 0 Å². The van der Waals surface area contributed by atoms with Gasteiger partial charge >= 0.3 is 0 Å². The van der Waals surface area contributed by atoms with E-state index in [2.05, 4.69) is 15.1 Å². The molecule has 15 heavy (non-hydrogen) atoms. The van der Waals surface area contributed by atoms with Crippen LogP contribution in [0.5, 0.6) is 0 Å². The highest BCUT2D eigenvalue weighted by Gasteiger charge is 2.07. The van der Waals surface area contributed by atoms with E-state index in [0.717, 1.165) is 0 Å². The molecule has 1 aromatic heterocycles. The number of aromatic nitrogens is 2. The third kappa shape index (κ3) is 3.37. The Labute approximate surface area is 91.2 Å². The van der Waals surface area contributed by atoms with E-state index in [4.69, 9.17) is 16.0 Å². The molecule has 1 rings (SSSR count). The molecule has 1 aromatic rings. The largest absolute Gasteiger partial charge is 0.409 e. The van der Waals surface area contributed by atoms with Crippen molar-refractivity contribution >= 4 is 17.6 Å². The number of hydrogen-bond donors (Lipinski definition) is 3. The van der Waals surface area contributed by atoms with Gasteiger partial charge in [-0.2, -0.15) is 0 Å². The first-order chi connectivity index (χ1) is 7.17. The minimum atomic E-state index is -0.0594. The van der Waals surface area contributed by atoms with Gasteiger partial charge in [-0.05, 0) is 6.07 Å². The molecule has 0 saturated heterocycles. The van der Waals surface area contributed by atoms with Crippen LogP contribution >= 0.6 is 11.8 Å². The second-order valence-corrected chi connectivity index (χ2v) is 4.23. The van der Waals surface area contributed by atoms with Crippen LogP contribution in [0.4, 0.5) is 0 Å². The van der Waals surface area contributed by atoms with E-state index in [-0.39, 0.29) is 17.7 Å². The summed E-state index contributed by atoms with van der Waals surface area (Å²) in [5, 5.41) is 20.7. The number of amidine groups is 1. The third-order valence-corrected chi connectivity index (χ3v) is 2.53. The Morgan fingerprint density at radius 3 is 3.07 bits per heavy atom. The first-order valence-electron chi connectivity index (χ1n) is 4.25. The molecule has 1 heterocycles. The maximum Gasteiger partial charge on any atom is 0.188 e. The van der Waals surface area contributed by atoms with Crippen molar-refractivity contribution in [3.8, 4) is 0 Å². The van der Waals surface area contributed by atoms with Crippen molar-refractivity contribution in [2.75, 3.05) is 6.61 Å². The molecule has 0 aliphatic heterocycles. The molecule has 0 aromatic carbocycles. The molecule has 7 heteroatoms. The van der Waals surface area contributed by atoms with Gasteiger partial charge < -0.3 is 16.0 Å². The summed E-state index contributed by atoms with van der Waals surface area (Å²) in [5.41, 5.74) is 5.74. The quantitative estimate of drug-likeness (QED) is 0.168. The van der Waals surface area contributed by atoms with Gasteiger partial charge in [0, 0.05) is 11.4 Å². The summed E-state index contributed by atoms with van der Waals surface area (Å²) >= 11 is 1.32. The van der Waals surface area contributed by atoms with Crippen molar-refractivity contribution in [2.45, 2.75) is 17.3 Å². The molecule has 1 atom stereocenters.